The van der Waals surface area contributed by atoms with Gasteiger partial charge in [-0.05, 0) is 48.5 Å². The van der Waals surface area contributed by atoms with Gasteiger partial charge in [-0.3, -0.25) is 0 Å². The number of aromatic nitrogens is 9. The Morgan fingerprint density at radius 1 is 0.469 bits per heavy atom. The van der Waals surface area contributed by atoms with E-state index in [4.69, 9.17) is 0 Å². The Labute approximate surface area is 188 Å². The van der Waals surface area contributed by atoms with Crippen molar-refractivity contribution in [2.45, 2.75) is 48.5 Å². The van der Waals surface area contributed by atoms with Crippen molar-refractivity contribution in [3.05, 3.63) is 34.9 Å². The predicted molar refractivity (Wildman–Crippen MR) is 122 cm³/mol. The van der Waals surface area contributed by atoms with Crippen molar-refractivity contribution in [1.82, 2.24) is 44.9 Å². The van der Waals surface area contributed by atoms with E-state index < -0.39 is 0 Å². The van der Waals surface area contributed by atoms with Crippen LogP contribution in [0.1, 0.15) is 41.9 Å². The molecule has 0 fully saturated rings. The predicted octanol–water partition coefficient (Wildman–Crippen LogP) is 1.48. The van der Waals surface area contributed by atoms with Crippen molar-refractivity contribution in [3.8, 4) is 0 Å². The maximum absolute atomic E-state index is 4.58. The van der Waals surface area contributed by atoms with Crippen LogP contribution in [0, 0.1) is 41.5 Å². The van der Waals surface area contributed by atoms with E-state index in [9.17, 15) is 0 Å². The highest BCUT2D eigenvalue weighted by atomic mass is 15.5. The van der Waals surface area contributed by atoms with Gasteiger partial charge in [-0.1, -0.05) is 0 Å². The summed E-state index contributed by atoms with van der Waals surface area (Å²) < 4.78 is 0. The second kappa shape index (κ2) is 9.71. The van der Waals surface area contributed by atoms with E-state index >= 15 is 0 Å². The van der Waals surface area contributed by atoms with Gasteiger partial charge in [0.05, 0.1) is 13.3 Å². The van der Waals surface area contributed by atoms with Gasteiger partial charge in [0, 0.05) is 13.6 Å². The highest BCUT2D eigenvalue weighted by Crippen LogP contribution is 2.16. The lowest BCUT2D eigenvalue weighted by Crippen LogP contribution is -2.45. The van der Waals surface area contributed by atoms with Crippen molar-refractivity contribution in [1.29, 1.82) is 0 Å². The summed E-state index contributed by atoms with van der Waals surface area (Å²) >= 11 is 0. The Kier molecular flexibility index (Phi) is 7.01. The van der Waals surface area contributed by atoms with Gasteiger partial charge in [0.15, 0.2) is 0 Å². The van der Waals surface area contributed by atoms with Crippen molar-refractivity contribution in [2.24, 2.45) is 0 Å². The first-order valence-corrected chi connectivity index (χ1v) is 10.4. The molecule has 0 spiro atoms. The van der Waals surface area contributed by atoms with Gasteiger partial charge in [0.2, 0.25) is 17.8 Å². The van der Waals surface area contributed by atoms with E-state index in [1.54, 1.807) is 0 Å². The van der Waals surface area contributed by atoms with Gasteiger partial charge < -0.3 is 14.7 Å². The van der Waals surface area contributed by atoms with Crippen LogP contribution in [0.25, 0.3) is 0 Å². The maximum Gasteiger partial charge on any atom is 0.231 e. The molecule has 0 atom stereocenters. The zero-order valence-electron chi connectivity index (χ0n) is 20.0. The molecule has 0 radical (unpaired) electrons. The summed E-state index contributed by atoms with van der Waals surface area (Å²) in [5, 5.41) is 0. The molecular formula is C20H30N12. The molecule has 0 saturated carbocycles. The molecule has 0 aliphatic rings. The first-order chi connectivity index (χ1) is 15.1. The van der Waals surface area contributed by atoms with Crippen molar-refractivity contribution >= 4 is 17.8 Å². The summed E-state index contributed by atoms with van der Waals surface area (Å²) in [7, 11) is 1.93. The molecule has 12 nitrogen and oxygen atoms in total. The third-order valence-electron chi connectivity index (χ3n) is 4.55. The molecule has 3 aromatic rings. The van der Waals surface area contributed by atoms with Gasteiger partial charge in [-0.15, -0.1) is 0 Å². The average molecular weight is 439 g/mol. The van der Waals surface area contributed by atoms with E-state index in [2.05, 4.69) is 51.8 Å². The van der Waals surface area contributed by atoms with E-state index in [1.807, 2.05) is 63.3 Å². The Morgan fingerprint density at radius 2 is 0.812 bits per heavy atom. The summed E-state index contributed by atoms with van der Waals surface area (Å²) in [6.07, 6.45) is 0. The molecular weight excluding hydrogens is 408 g/mol. The van der Waals surface area contributed by atoms with Gasteiger partial charge in [-0.25, -0.2) is 15.0 Å². The summed E-state index contributed by atoms with van der Waals surface area (Å²) in [6, 6.07) is 0. The van der Waals surface area contributed by atoms with Gasteiger partial charge in [-0.2, -0.15) is 29.9 Å². The van der Waals surface area contributed by atoms with Crippen LogP contribution in [0.5, 0.6) is 0 Å². The third-order valence-corrected chi connectivity index (χ3v) is 4.55. The molecule has 0 aromatic carbocycles. The Balaban J connectivity index is 1.96. The van der Waals surface area contributed by atoms with Crippen LogP contribution in [0.4, 0.5) is 17.8 Å². The fraction of sp³-hybridized carbons (Fsp3) is 0.550. The SMILES string of the molecule is CCN(CN(CN(C)c1nc(C)nc(C)n1)c1nc(C)nc(C)n1)c1nc(C)nc(C)n1. The molecule has 0 unspecified atom stereocenters. The highest BCUT2D eigenvalue weighted by molar-refractivity contribution is 5.40. The largest absolute Gasteiger partial charge is 0.326 e. The maximum atomic E-state index is 4.58. The minimum absolute atomic E-state index is 0.436. The second-order valence-electron chi connectivity index (χ2n) is 7.57. The lowest BCUT2D eigenvalue weighted by atomic mass is 10.5. The summed E-state index contributed by atoms with van der Waals surface area (Å²) in [6.45, 7) is 14.8. The minimum Gasteiger partial charge on any atom is -0.326 e. The normalized spacial score (nSPS) is 10.9. The van der Waals surface area contributed by atoms with Crippen LogP contribution < -0.4 is 14.7 Å². The quantitative estimate of drug-likeness (QED) is 0.473. The molecule has 0 aliphatic carbocycles. The molecule has 12 heteroatoms. The van der Waals surface area contributed by atoms with Crippen LogP contribution in [0.2, 0.25) is 0 Å². The lowest BCUT2D eigenvalue weighted by molar-refractivity contribution is 0.668. The monoisotopic (exact) mass is 438 g/mol. The number of rotatable bonds is 8. The molecule has 32 heavy (non-hydrogen) atoms. The number of hydrogen-bond donors (Lipinski definition) is 0. The Hall–Kier alpha value is -3.57. The molecule has 0 amide bonds. The van der Waals surface area contributed by atoms with Gasteiger partial charge in [0.1, 0.15) is 34.9 Å². The summed E-state index contributed by atoms with van der Waals surface area (Å²) in [5.41, 5.74) is 0. The molecule has 0 aliphatic heterocycles. The van der Waals surface area contributed by atoms with E-state index in [0.29, 0.717) is 72.7 Å². The van der Waals surface area contributed by atoms with Crippen LogP contribution in [-0.2, 0) is 0 Å². The van der Waals surface area contributed by atoms with Crippen LogP contribution >= 0.6 is 0 Å². The number of nitrogens with zero attached hydrogens (tertiary/aromatic N) is 12. The molecule has 3 heterocycles. The molecule has 0 saturated heterocycles. The highest BCUT2D eigenvalue weighted by Gasteiger charge is 2.20. The van der Waals surface area contributed by atoms with E-state index in [-0.39, 0.29) is 0 Å². The Morgan fingerprint density at radius 3 is 1.19 bits per heavy atom. The van der Waals surface area contributed by atoms with Crippen molar-refractivity contribution in [2.75, 3.05) is 41.6 Å². The van der Waals surface area contributed by atoms with Gasteiger partial charge in [0.25, 0.3) is 0 Å². The second-order valence-corrected chi connectivity index (χ2v) is 7.57. The standard InChI is InChI=1S/C20H30N12/c1-9-31(19-26-14(4)22-15(5)27-19)11-32(20-28-16(6)23-17(7)29-20)10-30(8)18-24-12(2)21-13(3)25-18/h9-11H2,1-8H3. The number of anilines is 3. The third kappa shape index (κ3) is 5.77. The van der Waals surface area contributed by atoms with E-state index in [1.165, 1.54) is 0 Å². The zero-order chi connectivity index (χ0) is 23.4. The first kappa shape index (κ1) is 23.1. The minimum atomic E-state index is 0.436. The fourth-order valence-corrected chi connectivity index (χ4v) is 3.25. The summed E-state index contributed by atoms with van der Waals surface area (Å²) in [5.74, 6) is 5.76. The summed E-state index contributed by atoms with van der Waals surface area (Å²) in [4.78, 5) is 46.0. The average Bonchev–Trinajstić information content (AvgIpc) is 2.68. The molecule has 3 rings (SSSR count). The molecule has 0 N–H and O–H groups in total. The van der Waals surface area contributed by atoms with Gasteiger partial charge >= 0.3 is 0 Å². The van der Waals surface area contributed by atoms with Crippen LogP contribution in [-0.4, -0.2) is 71.8 Å². The fourth-order valence-electron chi connectivity index (χ4n) is 3.25. The first-order valence-electron chi connectivity index (χ1n) is 10.4. The molecule has 3 aromatic heterocycles. The number of hydrogen-bond acceptors (Lipinski definition) is 12. The smallest absolute Gasteiger partial charge is 0.231 e. The molecule has 0 bridgehead atoms. The zero-order valence-corrected chi connectivity index (χ0v) is 20.0. The molecule has 170 valence electrons. The van der Waals surface area contributed by atoms with Crippen molar-refractivity contribution < 1.29 is 0 Å². The van der Waals surface area contributed by atoms with Crippen LogP contribution in [0.3, 0.4) is 0 Å². The topological polar surface area (TPSA) is 126 Å². The van der Waals surface area contributed by atoms with E-state index in [0.717, 1.165) is 0 Å². The lowest BCUT2D eigenvalue weighted by Gasteiger charge is -2.33. The number of aryl methyl sites for hydroxylation is 6. The Bertz CT molecular complexity index is 1030. The van der Waals surface area contributed by atoms with Crippen LogP contribution in [0.15, 0.2) is 0 Å². The van der Waals surface area contributed by atoms with Crippen molar-refractivity contribution in [3.63, 3.8) is 0 Å².